The number of nitrogens with two attached hydrogens (primary N) is 1. The average molecular weight is 442 g/mol. The van der Waals surface area contributed by atoms with Crippen molar-refractivity contribution in [2.24, 2.45) is 0 Å². The molecular formula is C13H18Br2N2O3S. The van der Waals surface area contributed by atoms with E-state index in [-0.39, 0.29) is 11.0 Å². The van der Waals surface area contributed by atoms with Gasteiger partial charge in [0.15, 0.2) is 0 Å². The first-order valence-corrected chi connectivity index (χ1v) is 9.48. The molecule has 5 nitrogen and oxygen atoms in total. The lowest BCUT2D eigenvalue weighted by Gasteiger charge is -2.41. The van der Waals surface area contributed by atoms with Crippen molar-refractivity contribution in [1.29, 1.82) is 0 Å². The molecule has 2 rings (SSSR count). The summed E-state index contributed by atoms with van der Waals surface area (Å²) >= 11 is 6.59. The number of halogens is 2. The first kappa shape index (κ1) is 17.2. The van der Waals surface area contributed by atoms with Gasteiger partial charge in [-0.05, 0) is 64.8 Å². The molecule has 21 heavy (non-hydrogen) atoms. The van der Waals surface area contributed by atoms with Crippen LogP contribution in [0.4, 0.5) is 5.69 Å². The van der Waals surface area contributed by atoms with Crippen LogP contribution < -0.4 is 5.73 Å². The Morgan fingerprint density at radius 2 is 1.86 bits per heavy atom. The Kier molecular flexibility index (Phi) is 4.76. The third kappa shape index (κ3) is 3.61. The van der Waals surface area contributed by atoms with Gasteiger partial charge >= 0.3 is 0 Å². The van der Waals surface area contributed by atoms with Crippen molar-refractivity contribution in [2.75, 3.05) is 18.8 Å². The molecule has 8 heteroatoms. The van der Waals surface area contributed by atoms with Crippen LogP contribution in [0, 0.1) is 0 Å². The van der Waals surface area contributed by atoms with Gasteiger partial charge in [0.2, 0.25) is 10.0 Å². The van der Waals surface area contributed by atoms with E-state index in [9.17, 15) is 8.42 Å². The van der Waals surface area contributed by atoms with Crippen molar-refractivity contribution in [2.45, 2.75) is 37.4 Å². The molecule has 0 bridgehead atoms. The Balaban J connectivity index is 2.48. The predicted molar refractivity (Wildman–Crippen MR) is 89.6 cm³/mol. The number of sulfonamides is 1. The van der Waals surface area contributed by atoms with Crippen molar-refractivity contribution in [3.8, 4) is 0 Å². The highest BCUT2D eigenvalue weighted by Crippen LogP contribution is 2.36. The van der Waals surface area contributed by atoms with E-state index < -0.39 is 15.6 Å². The number of nitrogens with zero attached hydrogens (tertiary/aromatic N) is 1. The van der Waals surface area contributed by atoms with Crippen LogP contribution in [-0.4, -0.2) is 37.5 Å². The summed E-state index contributed by atoms with van der Waals surface area (Å²) in [5.41, 5.74) is 5.70. The fourth-order valence-corrected chi connectivity index (χ4v) is 6.74. The van der Waals surface area contributed by atoms with Gasteiger partial charge < -0.3 is 10.5 Å². The molecular weight excluding hydrogens is 424 g/mol. The van der Waals surface area contributed by atoms with Crippen molar-refractivity contribution >= 4 is 47.6 Å². The number of morpholine rings is 1. The minimum absolute atomic E-state index is 0.158. The largest absolute Gasteiger partial charge is 0.399 e. The SMILES string of the molecule is CC1CN(S(=O)(=O)c2c(Br)cc(N)cc2Br)CC(C)(C)O1. The minimum atomic E-state index is -3.64. The van der Waals surface area contributed by atoms with E-state index in [1.807, 2.05) is 20.8 Å². The summed E-state index contributed by atoms with van der Waals surface area (Å²) in [6.07, 6.45) is -0.158. The summed E-state index contributed by atoms with van der Waals surface area (Å²) in [4.78, 5) is 0.196. The molecule has 0 spiro atoms. The van der Waals surface area contributed by atoms with Crippen LogP contribution >= 0.6 is 31.9 Å². The van der Waals surface area contributed by atoms with Crippen LogP contribution in [0.1, 0.15) is 20.8 Å². The number of nitrogen functional groups attached to an aromatic ring is 1. The molecule has 0 aromatic heterocycles. The van der Waals surface area contributed by atoms with Crippen LogP contribution in [0.25, 0.3) is 0 Å². The second-order valence-electron chi connectivity index (χ2n) is 5.80. The van der Waals surface area contributed by atoms with Gasteiger partial charge in [0.1, 0.15) is 4.90 Å². The summed E-state index contributed by atoms with van der Waals surface area (Å²) < 4.78 is 34.0. The molecule has 0 aliphatic carbocycles. The molecule has 1 aromatic rings. The molecule has 2 N–H and O–H groups in total. The normalized spacial score (nSPS) is 23.2. The highest BCUT2D eigenvalue weighted by Gasteiger charge is 2.39. The highest BCUT2D eigenvalue weighted by atomic mass is 79.9. The quantitative estimate of drug-likeness (QED) is 0.716. The number of benzene rings is 1. The summed E-state index contributed by atoms with van der Waals surface area (Å²) in [6, 6.07) is 3.18. The van der Waals surface area contributed by atoms with E-state index >= 15 is 0 Å². The van der Waals surface area contributed by atoms with Crippen LogP contribution in [0.2, 0.25) is 0 Å². The second kappa shape index (κ2) is 5.81. The standard InChI is InChI=1S/C13H18Br2N2O3S/c1-8-6-17(7-13(2,3)20-8)21(18,19)12-10(14)4-9(16)5-11(12)15/h4-5,8H,6-7,16H2,1-3H3. The Hall–Kier alpha value is -0.150. The Labute approximate surface area is 142 Å². The van der Waals surface area contributed by atoms with Gasteiger partial charge in [0, 0.05) is 27.7 Å². The van der Waals surface area contributed by atoms with Gasteiger partial charge in [-0.1, -0.05) is 0 Å². The van der Waals surface area contributed by atoms with Crippen molar-refractivity contribution < 1.29 is 13.2 Å². The predicted octanol–water partition coefficient (Wildman–Crippen LogP) is 2.98. The Morgan fingerprint density at radius 3 is 2.33 bits per heavy atom. The molecule has 1 heterocycles. The monoisotopic (exact) mass is 440 g/mol. The molecule has 1 atom stereocenters. The zero-order valence-electron chi connectivity index (χ0n) is 12.1. The zero-order chi connectivity index (χ0) is 16.0. The van der Waals surface area contributed by atoms with Gasteiger partial charge in [0.25, 0.3) is 0 Å². The first-order valence-electron chi connectivity index (χ1n) is 6.45. The van der Waals surface area contributed by atoms with Crippen molar-refractivity contribution in [3.63, 3.8) is 0 Å². The topological polar surface area (TPSA) is 72.6 Å². The lowest BCUT2D eigenvalue weighted by atomic mass is 10.1. The number of hydrogen-bond donors (Lipinski definition) is 1. The average Bonchev–Trinajstić information content (AvgIpc) is 2.23. The van der Waals surface area contributed by atoms with E-state index in [0.717, 1.165) is 0 Å². The van der Waals surface area contributed by atoms with Crippen LogP contribution in [0.3, 0.4) is 0 Å². The maximum atomic E-state index is 12.9. The van der Waals surface area contributed by atoms with Gasteiger partial charge in [-0.2, -0.15) is 4.31 Å². The molecule has 1 fully saturated rings. The third-order valence-electron chi connectivity index (χ3n) is 3.16. The van der Waals surface area contributed by atoms with Gasteiger partial charge in [-0.15, -0.1) is 0 Å². The fraction of sp³-hybridized carbons (Fsp3) is 0.538. The molecule has 0 saturated carbocycles. The molecule has 1 aliphatic rings. The van der Waals surface area contributed by atoms with Crippen LogP contribution in [0.15, 0.2) is 26.0 Å². The van der Waals surface area contributed by atoms with Crippen LogP contribution in [0.5, 0.6) is 0 Å². The summed E-state index contributed by atoms with van der Waals surface area (Å²) in [6.45, 7) is 6.28. The summed E-state index contributed by atoms with van der Waals surface area (Å²) in [5.74, 6) is 0. The third-order valence-corrected chi connectivity index (χ3v) is 6.85. The number of ether oxygens (including phenoxy) is 1. The van der Waals surface area contributed by atoms with E-state index in [1.165, 1.54) is 4.31 Å². The fourth-order valence-electron chi connectivity index (χ4n) is 2.53. The maximum Gasteiger partial charge on any atom is 0.245 e. The van der Waals surface area contributed by atoms with Gasteiger partial charge in [0.05, 0.1) is 11.7 Å². The van der Waals surface area contributed by atoms with Gasteiger partial charge in [-0.3, -0.25) is 0 Å². The van der Waals surface area contributed by atoms with Crippen molar-refractivity contribution in [3.05, 3.63) is 21.1 Å². The zero-order valence-corrected chi connectivity index (χ0v) is 16.0. The molecule has 118 valence electrons. The van der Waals surface area contributed by atoms with E-state index in [0.29, 0.717) is 27.7 Å². The maximum absolute atomic E-state index is 12.9. The van der Waals surface area contributed by atoms with E-state index in [4.69, 9.17) is 10.5 Å². The molecule has 1 unspecified atom stereocenters. The number of hydrogen-bond acceptors (Lipinski definition) is 4. The lowest BCUT2D eigenvalue weighted by molar-refractivity contribution is -0.109. The molecule has 1 saturated heterocycles. The van der Waals surface area contributed by atoms with Crippen molar-refractivity contribution in [1.82, 2.24) is 4.31 Å². The Morgan fingerprint density at radius 1 is 1.33 bits per heavy atom. The number of anilines is 1. The minimum Gasteiger partial charge on any atom is -0.399 e. The molecule has 1 aliphatic heterocycles. The molecule has 1 aromatic carbocycles. The van der Waals surface area contributed by atoms with E-state index in [1.54, 1.807) is 12.1 Å². The highest BCUT2D eigenvalue weighted by molar-refractivity contribution is 9.11. The lowest BCUT2D eigenvalue weighted by Crippen LogP contribution is -2.53. The second-order valence-corrected chi connectivity index (χ2v) is 9.38. The van der Waals surface area contributed by atoms with Gasteiger partial charge in [-0.25, -0.2) is 8.42 Å². The smallest absolute Gasteiger partial charge is 0.245 e. The van der Waals surface area contributed by atoms with Crippen LogP contribution in [-0.2, 0) is 14.8 Å². The Bertz CT molecular complexity index is 638. The number of rotatable bonds is 2. The first-order chi connectivity index (χ1) is 9.53. The molecule has 0 amide bonds. The van der Waals surface area contributed by atoms with E-state index in [2.05, 4.69) is 31.9 Å². The molecule has 0 radical (unpaired) electrons. The summed E-state index contributed by atoms with van der Waals surface area (Å²) in [7, 11) is -3.64. The summed E-state index contributed by atoms with van der Waals surface area (Å²) in [5, 5.41) is 0.